The van der Waals surface area contributed by atoms with Crippen LogP contribution in [0.5, 0.6) is 11.5 Å². The number of ether oxygens (including phenoxy) is 4. The smallest absolute Gasteiger partial charge is 0.343 e. The number of likely N-dealkylation sites (tertiary alicyclic amines) is 2. The average Bonchev–Trinajstić information content (AvgIpc) is 1.68. The van der Waals surface area contributed by atoms with Crippen molar-refractivity contribution in [2.75, 3.05) is 68.6 Å². The molecule has 6 aliphatic heterocycles. The molecule has 2 atom stereocenters. The van der Waals surface area contributed by atoms with Crippen LogP contribution in [0.3, 0.4) is 0 Å². The number of aliphatic hydroxyl groups is 2. The largest absolute Gasteiger partial charge is 0.494 e. The second-order valence-electron chi connectivity index (χ2n) is 22.2. The Hall–Kier alpha value is -7.74. The van der Waals surface area contributed by atoms with Crippen LogP contribution in [-0.2, 0) is 79.2 Å². The molecule has 0 amide bonds. The summed E-state index contributed by atoms with van der Waals surface area (Å²) in [6.07, 6.45) is 4.33. The summed E-state index contributed by atoms with van der Waals surface area (Å²) in [5.74, 6) is -2.27. The second kappa shape index (κ2) is 24.5. The summed E-state index contributed by atoms with van der Waals surface area (Å²) in [6.45, 7) is 8.00. The lowest BCUT2D eigenvalue weighted by atomic mass is 9.86. The van der Waals surface area contributed by atoms with Crippen LogP contribution in [0.2, 0.25) is 0 Å². The number of carbonyl (C=O) groups excluding carboxylic acids is 2. The molecule has 4 N–H and O–H groups in total. The van der Waals surface area contributed by atoms with E-state index in [1.54, 1.807) is 47.2 Å². The molecule has 6 aromatic rings. The molecule has 0 spiro atoms. The van der Waals surface area contributed by atoms with Gasteiger partial charge < -0.3 is 58.3 Å². The van der Waals surface area contributed by atoms with E-state index in [0.29, 0.717) is 72.1 Å². The van der Waals surface area contributed by atoms with Gasteiger partial charge in [-0.15, -0.1) is 0 Å². The quantitative estimate of drug-likeness (QED) is 0.105. The molecule has 84 heavy (non-hydrogen) atoms. The summed E-state index contributed by atoms with van der Waals surface area (Å²) in [5, 5.41) is 37.7. The molecule has 6 aliphatic rings. The predicted octanol–water partition coefficient (Wildman–Crippen LogP) is 4.91. The first-order valence-corrected chi connectivity index (χ1v) is 27.8. The summed E-state index contributed by atoms with van der Waals surface area (Å²) in [5.41, 5.74) is 3.50. The van der Waals surface area contributed by atoms with Crippen LogP contribution in [0.15, 0.2) is 46.0 Å². The molecule has 0 aliphatic carbocycles. The predicted molar refractivity (Wildman–Crippen MR) is 303 cm³/mol. The van der Waals surface area contributed by atoms with E-state index in [-0.39, 0.29) is 83.9 Å². The summed E-state index contributed by atoms with van der Waals surface area (Å²) >= 11 is 0. The normalized spacial score (nSPS) is 19.9. The Kier molecular flexibility index (Phi) is 17.7. The lowest BCUT2D eigenvalue weighted by molar-refractivity contribution is -0.172. The van der Waals surface area contributed by atoms with Gasteiger partial charge in [-0.3, -0.25) is 29.0 Å². The fraction of sp³-hybridized carbons (Fsp3) is 0.467. The standard InChI is InChI=1S/2C29H33FN4O5.2CH2O2/c2*1-5-29(37)21-11-24-26-19(14-34(24)27(35)20(21)15-39-28(29)36)18(13-33-8-6-16(7-9-33)32(2)3)17-10-25(38-4)22(30)12-23(17)31-26;2*2-1-3/h2*10-12,16,37H,5-9,13-15H2,1-4H3;2*1H,(H,2,3)/t2*29-;;/m00../s1. The number of hydrogen-bond donors (Lipinski definition) is 4. The number of piperidine rings is 2. The molecule has 0 bridgehead atoms. The number of cyclic esters (lactones) is 2. The minimum Gasteiger partial charge on any atom is -0.494 e. The Morgan fingerprint density at radius 2 is 0.952 bits per heavy atom. The minimum absolute atomic E-state index is 0.0683. The number of benzene rings is 2. The molecular weight excluding hydrogens is 1090 g/mol. The Morgan fingerprint density at radius 3 is 1.26 bits per heavy atom. The number of fused-ring (bicyclic) bond motifs is 10. The topological polar surface area (TPSA) is 269 Å². The van der Waals surface area contributed by atoms with E-state index in [2.05, 4.69) is 47.8 Å². The van der Waals surface area contributed by atoms with Gasteiger partial charge in [0.2, 0.25) is 0 Å². The van der Waals surface area contributed by atoms with Crippen LogP contribution >= 0.6 is 0 Å². The maximum Gasteiger partial charge on any atom is 0.343 e. The van der Waals surface area contributed by atoms with Crippen molar-refractivity contribution in [1.29, 1.82) is 0 Å². The first-order chi connectivity index (χ1) is 40.1. The monoisotopic (exact) mass is 1160 g/mol. The molecule has 2 aromatic carbocycles. The zero-order chi connectivity index (χ0) is 60.7. The van der Waals surface area contributed by atoms with Crippen LogP contribution in [0.4, 0.5) is 8.78 Å². The van der Waals surface area contributed by atoms with Crippen LogP contribution in [-0.4, -0.2) is 165 Å². The van der Waals surface area contributed by atoms with E-state index in [0.717, 1.165) is 84.9 Å². The van der Waals surface area contributed by atoms with Gasteiger partial charge in [0.25, 0.3) is 24.1 Å². The highest BCUT2D eigenvalue weighted by atomic mass is 19.1. The van der Waals surface area contributed by atoms with Crippen molar-refractivity contribution in [1.82, 2.24) is 38.7 Å². The number of methoxy groups -OCH3 is 2. The third-order valence-electron chi connectivity index (χ3n) is 17.5. The molecule has 0 unspecified atom stereocenters. The fourth-order valence-electron chi connectivity index (χ4n) is 12.6. The van der Waals surface area contributed by atoms with Crippen molar-refractivity contribution < 1.29 is 67.3 Å². The van der Waals surface area contributed by atoms with Gasteiger partial charge in [0.1, 0.15) is 13.2 Å². The van der Waals surface area contributed by atoms with Gasteiger partial charge in [0.05, 0.1) is 72.2 Å². The summed E-state index contributed by atoms with van der Waals surface area (Å²) in [6, 6.07) is 10.6. The summed E-state index contributed by atoms with van der Waals surface area (Å²) < 4.78 is 53.9. The molecule has 24 heteroatoms. The van der Waals surface area contributed by atoms with Crippen molar-refractivity contribution >= 4 is 46.7 Å². The van der Waals surface area contributed by atoms with Crippen molar-refractivity contribution in [3.8, 4) is 34.3 Å². The molecule has 2 fully saturated rings. The Morgan fingerprint density at radius 1 is 0.607 bits per heavy atom. The first kappa shape index (κ1) is 60.8. The number of nitrogens with zero attached hydrogens (tertiary/aromatic N) is 8. The van der Waals surface area contributed by atoms with Crippen LogP contribution < -0.4 is 20.6 Å². The Balaban J connectivity index is 0.000000184. The van der Waals surface area contributed by atoms with Crippen LogP contribution in [0.1, 0.15) is 96.9 Å². The number of pyridine rings is 4. The van der Waals surface area contributed by atoms with E-state index in [1.165, 1.54) is 26.4 Å². The highest BCUT2D eigenvalue weighted by molar-refractivity contribution is 5.92. The zero-order valence-corrected chi connectivity index (χ0v) is 48.3. The highest BCUT2D eigenvalue weighted by Crippen LogP contribution is 2.44. The van der Waals surface area contributed by atoms with Gasteiger partial charge in [-0.1, -0.05) is 13.8 Å². The third-order valence-corrected chi connectivity index (χ3v) is 17.5. The van der Waals surface area contributed by atoms with E-state index in [1.807, 2.05) is 0 Å². The van der Waals surface area contributed by atoms with Gasteiger partial charge in [0.15, 0.2) is 34.3 Å². The molecule has 448 valence electrons. The highest BCUT2D eigenvalue weighted by Gasteiger charge is 2.47. The molecule has 4 aromatic heterocycles. The average molecular weight is 1170 g/mol. The molecule has 0 saturated carbocycles. The number of rotatable bonds is 10. The van der Waals surface area contributed by atoms with Crippen LogP contribution in [0, 0.1) is 11.6 Å². The van der Waals surface area contributed by atoms with Gasteiger partial charge in [-0.2, -0.15) is 0 Å². The zero-order valence-electron chi connectivity index (χ0n) is 48.3. The Labute approximate surface area is 482 Å². The lowest BCUT2D eigenvalue weighted by Gasteiger charge is -2.35. The first-order valence-electron chi connectivity index (χ1n) is 27.8. The fourth-order valence-corrected chi connectivity index (χ4v) is 12.6. The van der Waals surface area contributed by atoms with E-state index in [4.69, 9.17) is 48.7 Å². The van der Waals surface area contributed by atoms with E-state index in [9.17, 15) is 38.2 Å². The molecule has 22 nitrogen and oxygen atoms in total. The molecule has 12 rings (SSSR count). The Bertz CT molecular complexity index is 3470. The molecule has 0 radical (unpaired) electrons. The number of carbonyl (C=O) groups is 4. The van der Waals surface area contributed by atoms with Gasteiger partial charge in [-0.05, 0) is 128 Å². The van der Waals surface area contributed by atoms with Gasteiger partial charge >= 0.3 is 11.9 Å². The number of hydrogen-bond acceptors (Lipinski definition) is 18. The molecular formula is C60H70F2N8O14. The lowest BCUT2D eigenvalue weighted by Crippen LogP contribution is -2.44. The van der Waals surface area contributed by atoms with Gasteiger partial charge in [0, 0.05) is 70.3 Å². The van der Waals surface area contributed by atoms with Gasteiger partial charge in [-0.25, -0.2) is 28.3 Å². The summed E-state index contributed by atoms with van der Waals surface area (Å²) in [4.78, 5) is 88.1. The van der Waals surface area contributed by atoms with Crippen molar-refractivity contribution in [2.45, 2.75) is 115 Å². The van der Waals surface area contributed by atoms with E-state index < -0.39 is 34.8 Å². The third kappa shape index (κ3) is 10.8. The number of aromatic nitrogens is 4. The number of carboxylic acid groups (broad SMARTS) is 2. The van der Waals surface area contributed by atoms with E-state index >= 15 is 0 Å². The second-order valence-corrected chi connectivity index (χ2v) is 22.2. The van der Waals surface area contributed by atoms with Crippen molar-refractivity contribution in [3.05, 3.63) is 113 Å². The van der Waals surface area contributed by atoms with Crippen molar-refractivity contribution in [2.24, 2.45) is 0 Å². The summed E-state index contributed by atoms with van der Waals surface area (Å²) in [7, 11) is 11.3. The number of halogens is 2. The maximum absolute atomic E-state index is 14.8. The van der Waals surface area contributed by atoms with Crippen molar-refractivity contribution in [3.63, 3.8) is 0 Å². The minimum atomic E-state index is -1.90. The molecule has 10 heterocycles. The molecule has 2 saturated heterocycles. The number of esters is 2. The SMILES string of the molecule is CC[C@@]1(O)C(=O)OCc2c1cc1n(c2=O)Cc2c-1nc1cc(F)c(OC)cc1c2CN1CCC(N(C)C)CC1.CC[C@@]1(O)C(=O)OCc2c1cc1n(c2=O)Cc2c-1nc1cc(F)c(OC)cc1c2CN1CCC(N(C)C)CC1.O=CO.O=CO. The maximum atomic E-state index is 14.8. The van der Waals surface area contributed by atoms with Crippen LogP contribution in [0.25, 0.3) is 44.6 Å².